The Morgan fingerprint density at radius 2 is 1.70 bits per heavy atom. The van der Waals surface area contributed by atoms with E-state index in [1.165, 1.54) is 5.69 Å². The summed E-state index contributed by atoms with van der Waals surface area (Å²) in [5, 5.41) is 19.3. The van der Waals surface area contributed by atoms with Crippen molar-refractivity contribution < 1.29 is 5.11 Å². The SMILES string of the molecule is Cc1ccc2nc(C3=C(O)CN(c4ccc(N5CCN(C)CC5)cc4)C3=N)[nH]c2c1. The van der Waals surface area contributed by atoms with Gasteiger partial charge >= 0.3 is 0 Å². The smallest absolute Gasteiger partial charge is 0.145 e. The number of benzene rings is 2. The van der Waals surface area contributed by atoms with Crippen LogP contribution in [0.2, 0.25) is 0 Å². The third-order valence-electron chi connectivity index (χ3n) is 6.01. The Bertz CT molecular complexity index is 1140. The van der Waals surface area contributed by atoms with E-state index in [4.69, 9.17) is 5.41 Å². The van der Waals surface area contributed by atoms with Crippen molar-refractivity contribution in [1.82, 2.24) is 14.9 Å². The molecular formula is C23H26N6O. The molecule has 0 aliphatic carbocycles. The molecule has 0 amide bonds. The molecule has 5 rings (SSSR count). The molecule has 3 heterocycles. The Hall–Kier alpha value is -3.32. The summed E-state index contributed by atoms with van der Waals surface area (Å²) in [5.41, 5.74) is 5.44. The standard InChI is InChI=1S/C23H26N6O/c1-15-3-8-18-19(13-15)26-23(25-18)21-20(30)14-29(22(21)24)17-6-4-16(5-7-17)28-11-9-27(2)10-12-28/h3-8,13,24,30H,9-12,14H2,1-2H3,(H,25,26). The molecule has 1 saturated heterocycles. The minimum atomic E-state index is 0.166. The van der Waals surface area contributed by atoms with Gasteiger partial charge in [0.2, 0.25) is 0 Å². The first-order valence-corrected chi connectivity index (χ1v) is 10.3. The summed E-state index contributed by atoms with van der Waals surface area (Å²) in [4.78, 5) is 14.4. The van der Waals surface area contributed by atoms with Crippen molar-refractivity contribution >= 4 is 33.8 Å². The van der Waals surface area contributed by atoms with Gasteiger partial charge in [-0.15, -0.1) is 0 Å². The predicted octanol–water partition coefficient (Wildman–Crippen LogP) is 3.39. The fourth-order valence-corrected chi connectivity index (χ4v) is 4.20. The average Bonchev–Trinajstić information content (AvgIpc) is 3.28. The minimum absolute atomic E-state index is 0.166. The molecule has 0 unspecified atom stereocenters. The average molecular weight is 403 g/mol. The van der Waals surface area contributed by atoms with Crippen molar-refractivity contribution in [2.45, 2.75) is 6.92 Å². The van der Waals surface area contributed by atoms with Gasteiger partial charge in [0.05, 0.1) is 23.2 Å². The zero-order valence-electron chi connectivity index (χ0n) is 17.3. The summed E-state index contributed by atoms with van der Waals surface area (Å²) in [6.07, 6.45) is 0. The maximum atomic E-state index is 10.6. The summed E-state index contributed by atoms with van der Waals surface area (Å²) in [7, 11) is 2.15. The van der Waals surface area contributed by atoms with Gasteiger partial charge in [0, 0.05) is 37.6 Å². The number of aromatic amines is 1. The first kappa shape index (κ1) is 18.7. The predicted molar refractivity (Wildman–Crippen MR) is 122 cm³/mol. The summed E-state index contributed by atoms with van der Waals surface area (Å²) < 4.78 is 0. The number of aliphatic hydroxyl groups excluding tert-OH is 1. The van der Waals surface area contributed by atoms with Crippen molar-refractivity contribution in [1.29, 1.82) is 5.41 Å². The van der Waals surface area contributed by atoms with Crippen LogP contribution in [-0.2, 0) is 0 Å². The molecule has 7 nitrogen and oxygen atoms in total. The summed E-state index contributed by atoms with van der Waals surface area (Å²) >= 11 is 0. The van der Waals surface area contributed by atoms with Crippen LogP contribution in [-0.4, -0.2) is 65.6 Å². The number of anilines is 2. The van der Waals surface area contributed by atoms with Crippen LogP contribution < -0.4 is 9.80 Å². The van der Waals surface area contributed by atoms with Crippen LogP contribution in [0.1, 0.15) is 11.4 Å². The largest absolute Gasteiger partial charge is 0.509 e. The molecule has 2 aromatic carbocycles. The lowest BCUT2D eigenvalue weighted by Gasteiger charge is -2.34. The second-order valence-corrected chi connectivity index (χ2v) is 8.17. The van der Waals surface area contributed by atoms with Crippen LogP contribution >= 0.6 is 0 Å². The van der Waals surface area contributed by atoms with E-state index in [0.29, 0.717) is 11.4 Å². The maximum absolute atomic E-state index is 10.6. The molecule has 7 heteroatoms. The third kappa shape index (κ3) is 3.21. The highest BCUT2D eigenvalue weighted by Gasteiger charge is 2.31. The molecule has 3 aromatic rings. The zero-order chi connectivity index (χ0) is 20.8. The minimum Gasteiger partial charge on any atom is -0.509 e. The summed E-state index contributed by atoms with van der Waals surface area (Å²) in [6.45, 7) is 6.48. The number of nitrogens with one attached hydrogen (secondary N) is 2. The van der Waals surface area contributed by atoms with Crippen LogP contribution in [0.5, 0.6) is 0 Å². The second kappa shape index (κ2) is 7.18. The monoisotopic (exact) mass is 402 g/mol. The number of hydrogen-bond donors (Lipinski definition) is 3. The fraction of sp³-hybridized carbons (Fsp3) is 0.304. The van der Waals surface area contributed by atoms with Gasteiger partial charge in [-0.05, 0) is 55.9 Å². The quantitative estimate of drug-likeness (QED) is 0.626. The number of rotatable bonds is 3. The molecule has 2 aliphatic heterocycles. The number of amidine groups is 1. The third-order valence-corrected chi connectivity index (χ3v) is 6.01. The number of H-pyrrole nitrogens is 1. The maximum Gasteiger partial charge on any atom is 0.145 e. The topological polar surface area (TPSA) is 82.5 Å². The van der Waals surface area contributed by atoms with Gasteiger partial charge in [-0.3, -0.25) is 5.41 Å². The van der Waals surface area contributed by atoms with Crippen molar-refractivity contribution in [3.63, 3.8) is 0 Å². The van der Waals surface area contributed by atoms with E-state index in [-0.39, 0.29) is 18.1 Å². The van der Waals surface area contributed by atoms with Gasteiger partial charge in [0.25, 0.3) is 0 Å². The van der Waals surface area contributed by atoms with E-state index in [2.05, 4.69) is 38.9 Å². The molecule has 3 N–H and O–H groups in total. The summed E-state index contributed by atoms with van der Waals surface area (Å²) in [5.74, 6) is 0.962. The van der Waals surface area contributed by atoms with Gasteiger partial charge in [-0.2, -0.15) is 0 Å². The van der Waals surface area contributed by atoms with Crippen LogP contribution in [0.15, 0.2) is 48.2 Å². The van der Waals surface area contributed by atoms with E-state index in [9.17, 15) is 5.11 Å². The number of aromatic nitrogens is 2. The second-order valence-electron chi connectivity index (χ2n) is 8.17. The van der Waals surface area contributed by atoms with Gasteiger partial charge in [0.15, 0.2) is 0 Å². The number of piperazine rings is 1. The van der Waals surface area contributed by atoms with Gasteiger partial charge < -0.3 is 24.8 Å². The Balaban J connectivity index is 1.37. The van der Waals surface area contributed by atoms with Gasteiger partial charge in [0.1, 0.15) is 17.4 Å². The highest BCUT2D eigenvalue weighted by atomic mass is 16.3. The molecule has 0 atom stereocenters. The van der Waals surface area contributed by atoms with Crippen LogP contribution in [0.3, 0.4) is 0 Å². The Morgan fingerprint density at radius 1 is 1.00 bits per heavy atom. The summed E-state index contributed by atoms with van der Waals surface area (Å²) in [6, 6.07) is 14.3. The molecule has 0 radical (unpaired) electrons. The van der Waals surface area contributed by atoms with Crippen molar-refractivity contribution in [3.05, 3.63) is 59.6 Å². The Kier molecular flexibility index (Phi) is 4.47. The number of nitrogens with zero attached hydrogens (tertiary/aromatic N) is 4. The van der Waals surface area contributed by atoms with Crippen LogP contribution in [0.4, 0.5) is 11.4 Å². The molecule has 154 valence electrons. The molecule has 0 spiro atoms. The fourth-order valence-electron chi connectivity index (χ4n) is 4.20. The number of imidazole rings is 1. The molecule has 2 aliphatic rings. The van der Waals surface area contributed by atoms with E-state index in [1.807, 2.05) is 42.2 Å². The van der Waals surface area contributed by atoms with Crippen molar-refractivity contribution in [3.8, 4) is 0 Å². The lowest BCUT2D eigenvalue weighted by Crippen LogP contribution is -2.44. The molecule has 1 fully saturated rings. The zero-order valence-corrected chi connectivity index (χ0v) is 17.3. The molecule has 0 saturated carbocycles. The first-order valence-electron chi connectivity index (χ1n) is 10.3. The van der Waals surface area contributed by atoms with E-state index >= 15 is 0 Å². The highest BCUT2D eigenvalue weighted by Crippen LogP contribution is 2.32. The number of likely N-dealkylation sites (N-methyl/N-ethyl adjacent to an activating group) is 1. The number of hydrogen-bond acceptors (Lipinski definition) is 5. The van der Waals surface area contributed by atoms with E-state index < -0.39 is 0 Å². The molecule has 30 heavy (non-hydrogen) atoms. The lowest BCUT2D eigenvalue weighted by atomic mass is 10.2. The van der Waals surface area contributed by atoms with E-state index in [0.717, 1.165) is 48.5 Å². The van der Waals surface area contributed by atoms with Gasteiger partial charge in [-0.25, -0.2) is 4.98 Å². The normalized spacial score (nSPS) is 18.1. The number of aliphatic hydroxyl groups is 1. The van der Waals surface area contributed by atoms with Crippen LogP contribution in [0.25, 0.3) is 16.6 Å². The van der Waals surface area contributed by atoms with Crippen LogP contribution in [0, 0.1) is 12.3 Å². The Labute approximate surface area is 175 Å². The number of aryl methyl sites for hydroxylation is 1. The molecule has 1 aromatic heterocycles. The van der Waals surface area contributed by atoms with Crippen molar-refractivity contribution in [2.75, 3.05) is 49.6 Å². The molecular weight excluding hydrogens is 376 g/mol. The number of fused-ring (bicyclic) bond motifs is 1. The van der Waals surface area contributed by atoms with Crippen molar-refractivity contribution in [2.24, 2.45) is 0 Å². The van der Waals surface area contributed by atoms with Gasteiger partial charge in [-0.1, -0.05) is 6.07 Å². The first-order chi connectivity index (χ1) is 14.5. The van der Waals surface area contributed by atoms with E-state index in [1.54, 1.807) is 0 Å². The highest BCUT2D eigenvalue weighted by molar-refractivity contribution is 6.30. The Morgan fingerprint density at radius 3 is 2.43 bits per heavy atom. The molecule has 0 bridgehead atoms. The lowest BCUT2D eigenvalue weighted by molar-refractivity contribution is 0.313.